The first-order valence-electron chi connectivity index (χ1n) is 9.42. The third kappa shape index (κ3) is 5.14. The van der Waals surface area contributed by atoms with E-state index in [4.69, 9.17) is 4.42 Å². The van der Waals surface area contributed by atoms with Gasteiger partial charge >= 0.3 is 0 Å². The lowest BCUT2D eigenvalue weighted by molar-refractivity contribution is -0.130. The zero-order valence-corrected chi connectivity index (χ0v) is 17.8. The largest absolute Gasteiger partial charge is 0.411 e. The molecule has 9 heteroatoms. The second-order valence-corrected chi connectivity index (χ2v) is 10.1. The van der Waals surface area contributed by atoms with E-state index in [-0.39, 0.29) is 29.2 Å². The van der Waals surface area contributed by atoms with Crippen LogP contribution in [0.4, 0.5) is 0 Å². The van der Waals surface area contributed by atoms with Crippen LogP contribution in [0.2, 0.25) is 0 Å². The molecule has 1 fully saturated rings. The molecule has 0 unspecified atom stereocenters. The summed E-state index contributed by atoms with van der Waals surface area (Å²) in [6.45, 7) is 4.60. The van der Waals surface area contributed by atoms with Crippen LogP contribution in [0.25, 0.3) is 11.5 Å². The maximum Gasteiger partial charge on any atom is 0.277 e. The number of sulfone groups is 1. The minimum absolute atomic E-state index is 0.0606. The predicted octanol–water partition coefficient (Wildman–Crippen LogP) is 2.95. The summed E-state index contributed by atoms with van der Waals surface area (Å²) in [5, 5.41) is 8.44. The second kappa shape index (κ2) is 9.09. The Hall–Kier alpha value is -1.87. The van der Waals surface area contributed by atoms with Gasteiger partial charge in [-0.15, -0.1) is 10.2 Å². The summed E-state index contributed by atoms with van der Waals surface area (Å²) in [4.78, 5) is 14.5. The van der Waals surface area contributed by atoms with Gasteiger partial charge in [0.25, 0.3) is 5.22 Å². The molecule has 1 amide bonds. The lowest BCUT2D eigenvalue weighted by Crippen LogP contribution is -2.42. The summed E-state index contributed by atoms with van der Waals surface area (Å²) in [7, 11) is -3.04. The van der Waals surface area contributed by atoms with E-state index in [1.165, 1.54) is 11.8 Å². The van der Waals surface area contributed by atoms with Crippen LogP contribution in [0.15, 0.2) is 33.9 Å². The van der Waals surface area contributed by atoms with Crippen molar-refractivity contribution in [2.45, 2.75) is 44.4 Å². The van der Waals surface area contributed by atoms with E-state index in [1.807, 2.05) is 38.1 Å². The highest BCUT2D eigenvalue weighted by atomic mass is 32.2. The molecule has 1 aliphatic heterocycles. The Morgan fingerprint density at radius 1 is 1.32 bits per heavy atom. The van der Waals surface area contributed by atoms with Gasteiger partial charge in [0.2, 0.25) is 11.8 Å². The van der Waals surface area contributed by atoms with Crippen molar-refractivity contribution in [2.75, 3.05) is 23.8 Å². The summed E-state index contributed by atoms with van der Waals surface area (Å²) in [5.74, 6) is 0.708. The zero-order valence-electron chi connectivity index (χ0n) is 16.1. The quantitative estimate of drug-likeness (QED) is 0.603. The molecule has 1 aromatic heterocycles. The van der Waals surface area contributed by atoms with Crippen LogP contribution in [0, 0.1) is 6.92 Å². The molecule has 0 aliphatic carbocycles. The number of rotatable bonds is 8. The first-order chi connectivity index (χ1) is 13.4. The Labute approximate surface area is 169 Å². The minimum Gasteiger partial charge on any atom is -0.411 e. The number of carbonyl (C=O) groups is 1. The molecule has 2 heterocycles. The van der Waals surface area contributed by atoms with Gasteiger partial charge in [0.1, 0.15) is 0 Å². The third-order valence-corrected chi connectivity index (χ3v) is 7.38. The Kier molecular flexibility index (Phi) is 6.77. The number of thioether (sulfide) groups is 1. The van der Waals surface area contributed by atoms with Crippen molar-refractivity contribution in [1.29, 1.82) is 0 Å². The fraction of sp³-hybridized carbons (Fsp3) is 0.526. The van der Waals surface area contributed by atoms with Crippen LogP contribution < -0.4 is 0 Å². The van der Waals surface area contributed by atoms with Crippen LogP contribution in [-0.4, -0.2) is 59.3 Å². The highest BCUT2D eigenvalue weighted by molar-refractivity contribution is 7.99. The monoisotopic (exact) mass is 423 g/mol. The van der Waals surface area contributed by atoms with Gasteiger partial charge < -0.3 is 9.32 Å². The van der Waals surface area contributed by atoms with Gasteiger partial charge in [-0.3, -0.25) is 4.79 Å². The summed E-state index contributed by atoms with van der Waals surface area (Å²) in [6.07, 6.45) is 2.31. The van der Waals surface area contributed by atoms with Gasteiger partial charge in [-0.1, -0.05) is 43.3 Å². The molecule has 1 saturated heterocycles. The molecular weight excluding hydrogens is 398 g/mol. The summed E-state index contributed by atoms with van der Waals surface area (Å²) < 4.78 is 29.3. The normalized spacial score (nSPS) is 18.3. The number of hydrogen-bond donors (Lipinski definition) is 0. The van der Waals surface area contributed by atoms with Crippen LogP contribution in [0.5, 0.6) is 0 Å². The Balaban J connectivity index is 1.64. The molecule has 1 atom stereocenters. The van der Waals surface area contributed by atoms with Crippen LogP contribution in [0.3, 0.4) is 0 Å². The molecular formula is C19H25N3O4S2. The van der Waals surface area contributed by atoms with Crippen molar-refractivity contribution < 1.29 is 17.6 Å². The van der Waals surface area contributed by atoms with E-state index in [1.54, 1.807) is 4.90 Å². The molecule has 0 spiro atoms. The number of unbranched alkanes of at least 4 members (excludes halogenated alkanes) is 1. The number of benzene rings is 1. The molecule has 7 nitrogen and oxygen atoms in total. The second-order valence-electron chi connectivity index (χ2n) is 6.97. The predicted molar refractivity (Wildman–Crippen MR) is 109 cm³/mol. The highest BCUT2D eigenvalue weighted by Gasteiger charge is 2.34. The minimum atomic E-state index is -3.04. The number of aryl methyl sites for hydroxylation is 1. The average molecular weight is 424 g/mol. The molecule has 0 N–H and O–H groups in total. The number of carbonyl (C=O) groups excluding carboxylic acids is 1. The standard InChI is InChI=1S/C19H25N3O4S2/c1-3-4-10-22(15-9-11-28(24,25)13-15)17(23)12-27-19-21-20-18(26-19)16-8-6-5-7-14(16)2/h5-8,15H,3-4,9-13H2,1-2H3/t15-/m1/s1. The number of aromatic nitrogens is 2. The van der Waals surface area contributed by atoms with Gasteiger partial charge in [-0.25, -0.2) is 8.42 Å². The average Bonchev–Trinajstić information content (AvgIpc) is 3.27. The lowest BCUT2D eigenvalue weighted by atomic mass is 10.1. The third-order valence-electron chi connectivity index (χ3n) is 4.82. The molecule has 152 valence electrons. The maximum absolute atomic E-state index is 12.8. The van der Waals surface area contributed by atoms with Crippen molar-refractivity contribution >= 4 is 27.5 Å². The summed E-state index contributed by atoms with van der Waals surface area (Å²) in [5.41, 5.74) is 1.90. The van der Waals surface area contributed by atoms with Crippen molar-refractivity contribution in [2.24, 2.45) is 0 Å². The van der Waals surface area contributed by atoms with Crippen molar-refractivity contribution in [1.82, 2.24) is 15.1 Å². The van der Waals surface area contributed by atoms with Crippen molar-refractivity contribution in [3.63, 3.8) is 0 Å². The van der Waals surface area contributed by atoms with Gasteiger partial charge in [0.05, 0.1) is 17.3 Å². The fourth-order valence-electron chi connectivity index (χ4n) is 3.26. The molecule has 1 aromatic carbocycles. The maximum atomic E-state index is 12.8. The first kappa shape index (κ1) is 20.9. The molecule has 0 saturated carbocycles. The Bertz CT molecular complexity index is 927. The Morgan fingerprint density at radius 3 is 2.79 bits per heavy atom. The molecule has 28 heavy (non-hydrogen) atoms. The van der Waals surface area contributed by atoms with E-state index in [2.05, 4.69) is 10.2 Å². The van der Waals surface area contributed by atoms with E-state index in [9.17, 15) is 13.2 Å². The van der Waals surface area contributed by atoms with Crippen molar-refractivity contribution in [3.8, 4) is 11.5 Å². The topological polar surface area (TPSA) is 93.4 Å². The van der Waals surface area contributed by atoms with Crippen LogP contribution >= 0.6 is 11.8 Å². The van der Waals surface area contributed by atoms with Gasteiger partial charge in [0.15, 0.2) is 9.84 Å². The van der Waals surface area contributed by atoms with Crippen LogP contribution in [0.1, 0.15) is 31.7 Å². The number of hydrogen-bond acceptors (Lipinski definition) is 7. The van der Waals surface area contributed by atoms with Gasteiger partial charge in [-0.05, 0) is 31.4 Å². The van der Waals surface area contributed by atoms with E-state index in [0.717, 1.165) is 24.0 Å². The lowest BCUT2D eigenvalue weighted by Gasteiger charge is -2.28. The van der Waals surface area contributed by atoms with E-state index < -0.39 is 9.84 Å². The fourth-order valence-corrected chi connectivity index (χ4v) is 5.64. The molecule has 0 radical (unpaired) electrons. The van der Waals surface area contributed by atoms with Crippen LogP contribution in [-0.2, 0) is 14.6 Å². The van der Waals surface area contributed by atoms with Gasteiger partial charge in [0, 0.05) is 18.2 Å². The zero-order chi connectivity index (χ0) is 20.1. The molecule has 1 aliphatic rings. The molecule has 0 bridgehead atoms. The number of amides is 1. The summed E-state index contributed by atoms with van der Waals surface area (Å²) in [6, 6.07) is 7.50. The SMILES string of the molecule is CCCCN(C(=O)CSc1nnc(-c2ccccc2C)o1)[C@@H]1CCS(=O)(=O)C1. The highest BCUT2D eigenvalue weighted by Crippen LogP contribution is 2.26. The van der Waals surface area contributed by atoms with Gasteiger partial charge in [-0.2, -0.15) is 0 Å². The first-order valence-corrected chi connectivity index (χ1v) is 12.2. The Morgan fingerprint density at radius 2 is 2.11 bits per heavy atom. The molecule has 3 rings (SSSR count). The number of nitrogens with zero attached hydrogens (tertiary/aromatic N) is 3. The smallest absolute Gasteiger partial charge is 0.277 e. The summed E-state index contributed by atoms with van der Waals surface area (Å²) >= 11 is 1.19. The van der Waals surface area contributed by atoms with Crippen molar-refractivity contribution in [3.05, 3.63) is 29.8 Å². The molecule has 2 aromatic rings. The van der Waals surface area contributed by atoms with E-state index in [0.29, 0.717) is 24.1 Å². The van der Waals surface area contributed by atoms with E-state index >= 15 is 0 Å².